The van der Waals surface area contributed by atoms with Gasteiger partial charge in [0.2, 0.25) is 0 Å². The number of fused-ring (bicyclic) bond motifs is 1. The molecule has 1 unspecified atom stereocenters. The molecular weight excluding hydrogens is 371 g/mol. The zero-order valence-electron chi connectivity index (χ0n) is 13.5. The summed E-state index contributed by atoms with van der Waals surface area (Å²) >= 11 is 12.4. The Hall–Kier alpha value is -2.60. The lowest BCUT2D eigenvalue weighted by Gasteiger charge is -2.15. The molecule has 0 saturated heterocycles. The Morgan fingerprint density at radius 2 is 1.88 bits per heavy atom. The number of aromatic nitrogens is 3. The molecule has 0 amide bonds. The number of nitrogens with zero attached hydrogens (tertiary/aromatic N) is 3. The maximum Gasteiger partial charge on any atom is 0.169 e. The van der Waals surface area contributed by atoms with Crippen LogP contribution in [0, 0.1) is 0 Å². The third kappa shape index (κ3) is 3.12. The predicted octanol–water partition coefficient (Wildman–Crippen LogP) is 4.81. The number of aliphatic hydroxyl groups is 1. The van der Waals surface area contributed by atoms with Crippen molar-refractivity contribution in [3.63, 3.8) is 0 Å². The van der Waals surface area contributed by atoms with Gasteiger partial charge in [-0.25, -0.2) is 9.97 Å². The van der Waals surface area contributed by atoms with Crippen molar-refractivity contribution in [2.75, 3.05) is 5.32 Å². The number of anilines is 1. The van der Waals surface area contributed by atoms with Crippen molar-refractivity contribution in [1.82, 2.24) is 14.4 Å². The normalized spacial score (nSPS) is 12.3. The lowest BCUT2D eigenvalue weighted by molar-refractivity contribution is 0.202. The van der Waals surface area contributed by atoms with Crippen LogP contribution in [0.15, 0.2) is 67.0 Å². The summed E-state index contributed by atoms with van der Waals surface area (Å²) in [4.78, 5) is 8.85. The highest BCUT2D eigenvalue weighted by Gasteiger charge is 2.22. The highest BCUT2D eigenvalue weighted by molar-refractivity contribution is 6.36. The van der Waals surface area contributed by atoms with Crippen LogP contribution in [0.25, 0.3) is 16.9 Å². The predicted molar refractivity (Wildman–Crippen MR) is 103 cm³/mol. The third-order valence-electron chi connectivity index (χ3n) is 3.96. The van der Waals surface area contributed by atoms with E-state index in [1.54, 1.807) is 30.5 Å². The molecule has 3 heterocycles. The largest absolute Gasteiger partial charge is 0.368 e. The number of nitrogens with one attached hydrogen (secondary N) is 1. The summed E-state index contributed by atoms with van der Waals surface area (Å²) in [6.45, 7) is 0. The quantitative estimate of drug-likeness (QED) is 0.495. The van der Waals surface area contributed by atoms with Crippen LogP contribution in [0.1, 0.15) is 11.9 Å². The Kier molecular flexibility index (Phi) is 4.51. The fraction of sp³-hybridized carbons (Fsp3) is 0.0526. The number of halogens is 2. The molecule has 7 heteroatoms. The van der Waals surface area contributed by atoms with Crippen LogP contribution in [0.5, 0.6) is 0 Å². The average molecular weight is 385 g/mol. The van der Waals surface area contributed by atoms with Gasteiger partial charge in [-0.2, -0.15) is 0 Å². The summed E-state index contributed by atoms with van der Waals surface area (Å²) in [5, 5.41) is 14.9. The van der Waals surface area contributed by atoms with Gasteiger partial charge in [-0.05, 0) is 42.5 Å². The second-order valence-corrected chi connectivity index (χ2v) is 6.50. The summed E-state index contributed by atoms with van der Waals surface area (Å²) < 4.78 is 1.82. The van der Waals surface area contributed by atoms with Crippen molar-refractivity contribution in [2.24, 2.45) is 0 Å². The van der Waals surface area contributed by atoms with E-state index >= 15 is 0 Å². The Balaban J connectivity index is 1.86. The SMILES string of the molecule is OC(Nc1ccccn1)c1c(-c2ccc(Cl)cc2Cl)nc2ccccn12. The molecule has 0 aliphatic heterocycles. The first-order valence-electron chi connectivity index (χ1n) is 7.91. The van der Waals surface area contributed by atoms with E-state index in [4.69, 9.17) is 23.2 Å². The molecule has 5 nitrogen and oxygen atoms in total. The van der Waals surface area contributed by atoms with Crippen molar-refractivity contribution in [2.45, 2.75) is 6.23 Å². The smallest absolute Gasteiger partial charge is 0.169 e. The molecule has 2 N–H and O–H groups in total. The Labute approximate surface area is 159 Å². The van der Waals surface area contributed by atoms with Gasteiger partial charge in [0.1, 0.15) is 11.5 Å². The standard InChI is InChI=1S/C19H14Cl2N4O/c20-12-7-8-13(14(21)11-12)17-18(25-10-4-2-6-16(25)24-17)19(26)23-15-5-1-3-9-22-15/h1-11,19,26H,(H,22,23). The topological polar surface area (TPSA) is 62.5 Å². The van der Waals surface area contributed by atoms with E-state index in [2.05, 4.69) is 15.3 Å². The molecule has 0 radical (unpaired) electrons. The van der Waals surface area contributed by atoms with E-state index in [-0.39, 0.29) is 0 Å². The van der Waals surface area contributed by atoms with Gasteiger partial charge in [-0.15, -0.1) is 0 Å². The van der Waals surface area contributed by atoms with Gasteiger partial charge in [-0.3, -0.25) is 4.40 Å². The first-order chi connectivity index (χ1) is 12.6. The molecule has 0 spiro atoms. The fourth-order valence-corrected chi connectivity index (χ4v) is 3.31. The minimum Gasteiger partial charge on any atom is -0.368 e. The van der Waals surface area contributed by atoms with Gasteiger partial charge < -0.3 is 10.4 Å². The molecule has 1 aromatic carbocycles. The Morgan fingerprint density at radius 3 is 2.65 bits per heavy atom. The lowest BCUT2D eigenvalue weighted by Crippen LogP contribution is -2.14. The summed E-state index contributed by atoms with van der Waals surface area (Å²) in [5.41, 5.74) is 2.53. The van der Waals surface area contributed by atoms with Crippen molar-refractivity contribution < 1.29 is 5.11 Å². The van der Waals surface area contributed by atoms with Crippen LogP contribution < -0.4 is 5.32 Å². The van der Waals surface area contributed by atoms with Gasteiger partial charge in [0, 0.05) is 23.0 Å². The zero-order valence-corrected chi connectivity index (χ0v) is 15.0. The molecular formula is C19H14Cl2N4O. The monoisotopic (exact) mass is 384 g/mol. The maximum absolute atomic E-state index is 10.9. The molecule has 26 heavy (non-hydrogen) atoms. The van der Waals surface area contributed by atoms with Crippen molar-refractivity contribution >= 4 is 34.7 Å². The number of hydrogen-bond donors (Lipinski definition) is 2. The minimum absolute atomic E-state index is 0.465. The van der Waals surface area contributed by atoms with Gasteiger partial charge >= 0.3 is 0 Å². The van der Waals surface area contributed by atoms with Crippen LogP contribution in [0.3, 0.4) is 0 Å². The molecule has 0 aliphatic carbocycles. The Morgan fingerprint density at radius 1 is 1.04 bits per heavy atom. The second kappa shape index (κ2) is 6.96. The summed E-state index contributed by atoms with van der Waals surface area (Å²) in [7, 11) is 0. The molecule has 0 bridgehead atoms. The third-order valence-corrected chi connectivity index (χ3v) is 4.51. The van der Waals surface area contributed by atoms with E-state index in [1.807, 2.05) is 40.9 Å². The van der Waals surface area contributed by atoms with Crippen LogP contribution in [0.4, 0.5) is 5.82 Å². The average Bonchev–Trinajstić information content (AvgIpc) is 3.01. The van der Waals surface area contributed by atoms with E-state index in [9.17, 15) is 5.11 Å². The molecule has 1 atom stereocenters. The van der Waals surface area contributed by atoms with Crippen LogP contribution in [-0.2, 0) is 0 Å². The van der Waals surface area contributed by atoms with Crippen molar-refractivity contribution in [1.29, 1.82) is 0 Å². The molecule has 0 aliphatic rings. The second-order valence-electron chi connectivity index (χ2n) is 5.66. The van der Waals surface area contributed by atoms with E-state index in [1.165, 1.54) is 0 Å². The highest BCUT2D eigenvalue weighted by Crippen LogP contribution is 2.35. The summed E-state index contributed by atoms with van der Waals surface area (Å²) in [6, 6.07) is 16.3. The number of rotatable bonds is 4. The molecule has 130 valence electrons. The minimum atomic E-state index is -1.04. The summed E-state index contributed by atoms with van der Waals surface area (Å²) in [6.07, 6.45) is 2.46. The lowest BCUT2D eigenvalue weighted by atomic mass is 10.1. The highest BCUT2D eigenvalue weighted by atomic mass is 35.5. The van der Waals surface area contributed by atoms with Gasteiger partial charge in [0.25, 0.3) is 0 Å². The van der Waals surface area contributed by atoms with E-state index in [0.29, 0.717) is 38.5 Å². The number of benzene rings is 1. The first kappa shape index (κ1) is 16.8. The number of hydrogen-bond acceptors (Lipinski definition) is 4. The number of pyridine rings is 2. The molecule has 0 fully saturated rings. The zero-order chi connectivity index (χ0) is 18.1. The van der Waals surface area contributed by atoms with Gasteiger partial charge in [0.05, 0.1) is 16.4 Å². The molecule has 0 saturated carbocycles. The molecule has 3 aromatic heterocycles. The van der Waals surface area contributed by atoms with Crippen LogP contribution in [0.2, 0.25) is 10.0 Å². The number of aliphatic hydroxyl groups excluding tert-OH is 1. The van der Waals surface area contributed by atoms with Crippen LogP contribution >= 0.6 is 23.2 Å². The molecule has 4 aromatic rings. The Bertz CT molecular complexity index is 1070. The van der Waals surface area contributed by atoms with E-state index < -0.39 is 6.23 Å². The molecule has 4 rings (SSSR count). The van der Waals surface area contributed by atoms with Crippen LogP contribution in [-0.4, -0.2) is 19.5 Å². The van der Waals surface area contributed by atoms with Gasteiger partial charge in [0.15, 0.2) is 6.23 Å². The van der Waals surface area contributed by atoms with E-state index in [0.717, 1.165) is 0 Å². The fourth-order valence-electron chi connectivity index (χ4n) is 2.81. The maximum atomic E-state index is 10.9. The van der Waals surface area contributed by atoms with Crippen molar-refractivity contribution in [3.8, 4) is 11.3 Å². The van der Waals surface area contributed by atoms with Crippen molar-refractivity contribution in [3.05, 3.63) is 82.7 Å². The summed E-state index contributed by atoms with van der Waals surface area (Å²) in [5.74, 6) is 0.555. The number of imidazole rings is 1. The first-order valence-corrected chi connectivity index (χ1v) is 8.67. The van der Waals surface area contributed by atoms with Gasteiger partial charge in [-0.1, -0.05) is 35.3 Å².